The standard InChI is InChI=1S/C33H58O12S/c1-17(2)24(44-30-27(37)28(42-6)25(45-30)16-43-46(39,40)41)8-7-18(3)20-14-22(35)29-32(20,5)12-10-26-31(4)11-9-19(34)13-21(31)23(36)15-33(26,29)38/h17-30,34-38H,7-16H2,1-6H3,(H,39,40,41)/t18-,19+,20-,21-,22-,23+,24+,25-,26+,27+,28-,29+,30+,31+,32-,33+/m1/s1. The lowest BCUT2D eigenvalue weighted by atomic mass is 9.42. The van der Waals surface area contributed by atoms with Gasteiger partial charge in [0.05, 0.1) is 36.6 Å². The van der Waals surface area contributed by atoms with Crippen molar-refractivity contribution in [2.45, 2.75) is 147 Å². The number of hydrogen-bond acceptors (Lipinski definition) is 11. The van der Waals surface area contributed by atoms with Crippen LogP contribution in [0.4, 0.5) is 0 Å². The van der Waals surface area contributed by atoms with Crippen LogP contribution in [0, 0.1) is 46.3 Å². The minimum absolute atomic E-state index is 0.0399. The van der Waals surface area contributed by atoms with Gasteiger partial charge in [-0.05, 0) is 91.8 Å². The molecule has 4 saturated carbocycles. The van der Waals surface area contributed by atoms with Gasteiger partial charge in [-0.2, -0.15) is 8.42 Å². The Morgan fingerprint density at radius 3 is 2.26 bits per heavy atom. The summed E-state index contributed by atoms with van der Waals surface area (Å²) in [4.78, 5) is 0. The first-order valence-electron chi connectivity index (χ1n) is 17.3. The zero-order chi connectivity index (χ0) is 34.0. The van der Waals surface area contributed by atoms with Crippen LogP contribution in [0.2, 0.25) is 0 Å². The van der Waals surface area contributed by atoms with E-state index in [2.05, 4.69) is 25.0 Å². The Hall–Kier alpha value is -0.450. The molecule has 0 aromatic rings. The zero-order valence-electron chi connectivity index (χ0n) is 28.2. The predicted molar refractivity (Wildman–Crippen MR) is 167 cm³/mol. The molecule has 0 unspecified atom stereocenters. The molecule has 12 nitrogen and oxygen atoms in total. The van der Waals surface area contributed by atoms with Gasteiger partial charge in [0, 0.05) is 19.4 Å². The topological polar surface area (TPSA) is 192 Å². The second-order valence-electron chi connectivity index (χ2n) is 16.2. The SMILES string of the molecule is CO[C@H]1[C@H](O)[C@@H](O[C@@H](CC[C@@H](C)[C@H]2C[C@@H](O)[C@H]3[C@]2(C)CC[C@H]2[C@@]4(C)CC[C@H](O)C[C@@H]4[C@@H](O)C[C@]23O)C(C)C)O[C@@H]1COS(=O)(=O)O. The van der Waals surface area contributed by atoms with E-state index in [1.165, 1.54) is 7.11 Å². The first-order chi connectivity index (χ1) is 21.4. The van der Waals surface area contributed by atoms with E-state index in [-0.39, 0.29) is 58.9 Å². The summed E-state index contributed by atoms with van der Waals surface area (Å²) in [5.41, 5.74) is -1.78. The zero-order valence-corrected chi connectivity index (χ0v) is 29.0. The number of aliphatic hydroxyl groups is 5. The molecule has 1 saturated heterocycles. The molecule has 46 heavy (non-hydrogen) atoms. The lowest BCUT2D eigenvalue weighted by Crippen LogP contribution is -2.68. The molecule has 0 aromatic carbocycles. The number of rotatable bonds is 11. The first-order valence-corrected chi connectivity index (χ1v) is 18.6. The van der Waals surface area contributed by atoms with Crippen LogP contribution in [0.25, 0.3) is 0 Å². The molecule has 0 spiro atoms. The maximum Gasteiger partial charge on any atom is 0.397 e. The lowest BCUT2D eigenvalue weighted by Gasteiger charge is -2.66. The monoisotopic (exact) mass is 678 g/mol. The molecule has 5 rings (SSSR count). The summed E-state index contributed by atoms with van der Waals surface area (Å²) in [6.45, 7) is 10.1. The van der Waals surface area contributed by atoms with Gasteiger partial charge in [-0.3, -0.25) is 4.55 Å². The number of hydrogen-bond donors (Lipinski definition) is 6. The smallest absolute Gasteiger partial charge is 0.393 e. The number of fused-ring (bicyclic) bond motifs is 5. The van der Waals surface area contributed by atoms with Crippen LogP contribution >= 0.6 is 0 Å². The van der Waals surface area contributed by atoms with Gasteiger partial charge in [0.25, 0.3) is 0 Å². The second kappa shape index (κ2) is 13.4. The van der Waals surface area contributed by atoms with Crippen LogP contribution in [-0.2, 0) is 28.8 Å². The molecule has 5 fully saturated rings. The molecule has 0 radical (unpaired) electrons. The molecule has 1 aliphatic heterocycles. The summed E-state index contributed by atoms with van der Waals surface area (Å²) in [6.07, 6.45) is -0.342. The Morgan fingerprint density at radius 1 is 0.957 bits per heavy atom. The summed E-state index contributed by atoms with van der Waals surface area (Å²) in [5.74, 6) is -0.0431. The fraction of sp³-hybridized carbons (Fsp3) is 1.00. The van der Waals surface area contributed by atoms with E-state index in [1.807, 2.05) is 13.8 Å². The third kappa shape index (κ3) is 6.57. The third-order valence-corrected chi connectivity index (χ3v) is 13.8. The molecule has 16 atom stereocenters. The van der Waals surface area contributed by atoms with Crippen molar-refractivity contribution in [3.05, 3.63) is 0 Å². The highest BCUT2D eigenvalue weighted by atomic mass is 32.3. The summed E-state index contributed by atoms with van der Waals surface area (Å²) < 4.78 is 53.0. The van der Waals surface area contributed by atoms with Gasteiger partial charge in [0.15, 0.2) is 6.29 Å². The largest absolute Gasteiger partial charge is 0.397 e. The quantitative estimate of drug-likeness (QED) is 0.175. The first kappa shape index (κ1) is 36.8. The van der Waals surface area contributed by atoms with E-state index in [9.17, 15) is 34.0 Å². The molecular weight excluding hydrogens is 620 g/mol. The second-order valence-corrected chi connectivity index (χ2v) is 17.3. The van der Waals surface area contributed by atoms with Crippen LogP contribution in [-0.4, -0.2) is 107 Å². The van der Waals surface area contributed by atoms with Crippen LogP contribution in [0.5, 0.6) is 0 Å². The molecule has 0 bridgehead atoms. The van der Waals surface area contributed by atoms with Crippen LogP contribution in [0.3, 0.4) is 0 Å². The van der Waals surface area contributed by atoms with Crippen molar-refractivity contribution in [1.82, 2.24) is 0 Å². The van der Waals surface area contributed by atoms with E-state index in [1.54, 1.807) is 0 Å². The Balaban J connectivity index is 1.26. The summed E-state index contributed by atoms with van der Waals surface area (Å²) in [7, 11) is -3.33. The van der Waals surface area contributed by atoms with Gasteiger partial charge in [-0.25, -0.2) is 4.18 Å². The highest BCUT2D eigenvalue weighted by molar-refractivity contribution is 7.80. The van der Waals surface area contributed by atoms with E-state index in [0.29, 0.717) is 25.7 Å². The number of methoxy groups -OCH3 is 1. The molecule has 0 aromatic heterocycles. The van der Waals surface area contributed by atoms with E-state index >= 15 is 0 Å². The molecule has 1 heterocycles. The summed E-state index contributed by atoms with van der Waals surface area (Å²) in [5, 5.41) is 56.8. The minimum atomic E-state index is -4.70. The maximum absolute atomic E-state index is 12.6. The molecule has 6 N–H and O–H groups in total. The van der Waals surface area contributed by atoms with Gasteiger partial charge in [0.2, 0.25) is 0 Å². The minimum Gasteiger partial charge on any atom is -0.393 e. The average molecular weight is 679 g/mol. The van der Waals surface area contributed by atoms with Crippen LogP contribution in [0.15, 0.2) is 0 Å². The normalized spacial score (nSPS) is 48.9. The molecule has 268 valence electrons. The highest BCUT2D eigenvalue weighted by Crippen LogP contribution is 2.69. The van der Waals surface area contributed by atoms with Crippen molar-refractivity contribution in [3.8, 4) is 0 Å². The average Bonchev–Trinajstić information content (AvgIpc) is 3.41. The van der Waals surface area contributed by atoms with Crippen molar-refractivity contribution in [2.75, 3.05) is 13.7 Å². The van der Waals surface area contributed by atoms with Crippen molar-refractivity contribution in [2.24, 2.45) is 46.3 Å². The Bertz CT molecular complexity index is 1170. The van der Waals surface area contributed by atoms with Gasteiger partial charge in [-0.15, -0.1) is 0 Å². The summed E-state index contributed by atoms with van der Waals surface area (Å²) >= 11 is 0. The van der Waals surface area contributed by atoms with Crippen molar-refractivity contribution in [3.63, 3.8) is 0 Å². The van der Waals surface area contributed by atoms with Gasteiger partial charge >= 0.3 is 10.4 Å². The van der Waals surface area contributed by atoms with E-state index < -0.39 is 65.5 Å². The van der Waals surface area contributed by atoms with Crippen molar-refractivity contribution >= 4 is 10.4 Å². The molecule has 13 heteroatoms. The Morgan fingerprint density at radius 2 is 1.63 bits per heavy atom. The molecule has 0 amide bonds. The van der Waals surface area contributed by atoms with Gasteiger partial charge in [0.1, 0.15) is 18.3 Å². The molecule has 4 aliphatic carbocycles. The fourth-order valence-electron chi connectivity index (χ4n) is 11.2. The van der Waals surface area contributed by atoms with Crippen LogP contribution < -0.4 is 0 Å². The molecular formula is C33H58O12S. The highest BCUT2D eigenvalue weighted by Gasteiger charge is 2.70. The summed E-state index contributed by atoms with van der Waals surface area (Å²) in [6, 6.07) is 0. The van der Waals surface area contributed by atoms with Gasteiger partial charge < -0.3 is 39.7 Å². The third-order valence-electron chi connectivity index (χ3n) is 13.3. The lowest BCUT2D eigenvalue weighted by molar-refractivity contribution is -0.263. The van der Waals surface area contributed by atoms with E-state index in [0.717, 1.165) is 25.7 Å². The number of ether oxygens (including phenoxy) is 3. The Kier molecular flexibility index (Phi) is 10.7. The predicted octanol–water partition coefficient (Wildman–Crippen LogP) is 2.44. The van der Waals surface area contributed by atoms with E-state index in [4.69, 9.17) is 18.8 Å². The Labute approximate surface area is 274 Å². The van der Waals surface area contributed by atoms with Gasteiger partial charge in [-0.1, -0.05) is 34.6 Å². The number of aliphatic hydroxyl groups excluding tert-OH is 4. The fourth-order valence-corrected chi connectivity index (χ4v) is 11.5. The maximum atomic E-state index is 12.6. The van der Waals surface area contributed by atoms with Crippen LogP contribution in [0.1, 0.15) is 92.4 Å². The molecule has 5 aliphatic rings. The van der Waals surface area contributed by atoms with Crippen molar-refractivity contribution < 1.29 is 56.9 Å². The van der Waals surface area contributed by atoms with Crippen molar-refractivity contribution in [1.29, 1.82) is 0 Å².